The van der Waals surface area contributed by atoms with Crippen LogP contribution in [0.25, 0.3) is 0 Å². The van der Waals surface area contributed by atoms with Crippen molar-refractivity contribution in [1.29, 1.82) is 0 Å². The molecule has 1 heterocycles. The number of ether oxygens (including phenoxy) is 2. The van der Waals surface area contributed by atoms with Gasteiger partial charge in [0, 0.05) is 35.4 Å². The minimum absolute atomic E-state index is 0.00417. The van der Waals surface area contributed by atoms with Gasteiger partial charge in [-0.1, -0.05) is 48.0 Å². The fourth-order valence-electron chi connectivity index (χ4n) is 4.12. The van der Waals surface area contributed by atoms with Crippen molar-refractivity contribution in [1.82, 2.24) is 5.32 Å². The summed E-state index contributed by atoms with van der Waals surface area (Å²) in [6.07, 6.45) is 0.252. The van der Waals surface area contributed by atoms with Crippen LogP contribution < -0.4 is 19.7 Å². The van der Waals surface area contributed by atoms with E-state index in [1.54, 1.807) is 14.2 Å². The molecule has 1 amide bonds. The number of benzodiazepines with no additional fused rings is 1. The number of hydrogen-bond donors (Lipinski definition) is 1. The predicted octanol–water partition coefficient (Wildman–Crippen LogP) is 4.37. The summed E-state index contributed by atoms with van der Waals surface area (Å²) in [6, 6.07) is 21.5. The number of anilines is 1. The summed E-state index contributed by atoms with van der Waals surface area (Å²) >= 11 is 6.34. The van der Waals surface area contributed by atoms with E-state index in [9.17, 15) is 4.79 Å². The van der Waals surface area contributed by atoms with Crippen LogP contribution in [0.2, 0.25) is 5.02 Å². The number of rotatable bonds is 7. The molecule has 0 saturated heterocycles. The van der Waals surface area contributed by atoms with E-state index < -0.39 is 0 Å². The molecular weight excluding hydrogens is 450 g/mol. The second-order valence-electron chi connectivity index (χ2n) is 8.15. The number of benzene rings is 3. The van der Waals surface area contributed by atoms with Gasteiger partial charge in [-0.05, 0) is 35.9 Å². The Hall–Kier alpha value is -3.51. The van der Waals surface area contributed by atoms with Crippen LogP contribution in [0.3, 0.4) is 0 Å². The zero-order valence-electron chi connectivity index (χ0n) is 19.5. The smallest absolute Gasteiger partial charge is 0.224 e. The summed E-state index contributed by atoms with van der Waals surface area (Å²) in [5.41, 5.74) is 4.82. The van der Waals surface area contributed by atoms with Crippen molar-refractivity contribution in [3.63, 3.8) is 0 Å². The van der Waals surface area contributed by atoms with Crippen LogP contribution in [0.4, 0.5) is 5.69 Å². The molecular formula is C27H28ClN3O3. The summed E-state index contributed by atoms with van der Waals surface area (Å²) in [7, 11) is 5.20. The molecule has 0 radical (unpaired) electrons. The lowest BCUT2D eigenvalue weighted by atomic mass is 10.0. The van der Waals surface area contributed by atoms with Crippen molar-refractivity contribution < 1.29 is 14.3 Å². The maximum atomic E-state index is 12.7. The van der Waals surface area contributed by atoms with E-state index in [-0.39, 0.29) is 18.4 Å². The Morgan fingerprint density at radius 3 is 2.56 bits per heavy atom. The highest BCUT2D eigenvalue weighted by atomic mass is 35.5. The molecule has 1 unspecified atom stereocenters. The van der Waals surface area contributed by atoms with Gasteiger partial charge in [0.15, 0.2) is 11.5 Å². The lowest BCUT2D eigenvalue weighted by Crippen LogP contribution is -2.44. The van der Waals surface area contributed by atoms with Crippen molar-refractivity contribution in [2.24, 2.45) is 4.99 Å². The first-order valence-corrected chi connectivity index (χ1v) is 11.5. The Kier molecular flexibility index (Phi) is 7.38. The van der Waals surface area contributed by atoms with Crippen molar-refractivity contribution in [3.8, 4) is 11.5 Å². The van der Waals surface area contributed by atoms with Crippen LogP contribution in [0, 0.1) is 0 Å². The first kappa shape index (κ1) is 23.6. The first-order valence-electron chi connectivity index (χ1n) is 11.1. The predicted molar refractivity (Wildman–Crippen MR) is 137 cm³/mol. The number of aliphatic imine (C=N–C) groups is 1. The van der Waals surface area contributed by atoms with Gasteiger partial charge in [-0.3, -0.25) is 9.79 Å². The number of carbonyl (C=O) groups excluding carboxylic acids is 1. The van der Waals surface area contributed by atoms with Crippen LogP contribution >= 0.6 is 11.6 Å². The Morgan fingerprint density at radius 2 is 1.82 bits per heavy atom. The summed E-state index contributed by atoms with van der Waals surface area (Å²) in [4.78, 5) is 19.8. The molecule has 0 saturated carbocycles. The molecule has 3 aromatic rings. The second-order valence-corrected chi connectivity index (χ2v) is 8.59. The SMILES string of the molecule is COc1ccc(CC(=O)NCC2CN=C(c3ccccc3)c3cc(Cl)ccc3N2C)cc1OC. The molecule has 1 aliphatic heterocycles. The molecule has 4 rings (SSSR count). The van der Waals surface area contributed by atoms with Crippen LogP contribution in [0.15, 0.2) is 71.7 Å². The Labute approximate surface area is 205 Å². The summed E-state index contributed by atoms with van der Waals surface area (Å²) < 4.78 is 10.6. The minimum Gasteiger partial charge on any atom is -0.493 e. The normalized spacial score (nSPS) is 15.1. The average Bonchev–Trinajstić information content (AvgIpc) is 2.99. The zero-order valence-corrected chi connectivity index (χ0v) is 20.3. The van der Waals surface area contributed by atoms with Crippen molar-refractivity contribution in [2.45, 2.75) is 12.5 Å². The molecule has 176 valence electrons. The molecule has 1 atom stereocenters. The lowest BCUT2D eigenvalue weighted by Gasteiger charge is -2.29. The fourth-order valence-corrected chi connectivity index (χ4v) is 4.29. The van der Waals surface area contributed by atoms with Gasteiger partial charge >= 0.3 is 0 Å². The highest BCUT2D eigenvalue weighted by molar-refractivity contribution is 6.31. The molecule has 7 heteroatoms. The van der Waals surface area contributed by atoms with E-state index in [2.05, 4.69) is 22.3 Å². The van der Waals surface area contributed by atoms with Gasteiger partial charge < -0.3 is 19.7 Å². The number of carbonyl (C=O) groups is 1. The number of nitrogens with one attached hydrogen (secondary N) is 1. The average molecular weight is 478 g/mol. The van der Waals surface area contributed by atoms with Gasteiger partial charge in [0.2, 0.25) is 5.91 Å². The maximum Gasteiger partial charge on any atom is 0.224 e. The molecule has 1 aliphatic rings. The summed E-state index contributed by atoms with van der Waals surface area (Å²) in [6.45, 7) is 1.01. The van der Waals surface area contributed by atoms with Gasteiger partial charge in [0.25, 0.3) is 0 Å². The van der Waals surface area contributed by atoms with Gasteiger partial charge in [-0.25, -0.2) is 0 Å². The van der Waals surface area contributed by atoms with Crippen LogP contribution in [0.5, 0.6) is 11.5 Å². The fraction of sp³-hybridized carbons (Fsp3) is 0.259. The maximum absolute atomic E-state index is 12.7. The lowest BCUT2D eigenvalue weighted by molar-refractivity contribution is -0.120. The number of likely N-dealkylation sites (N-methyl/N-ethyl adjacent to an activating group) is 1. The number of methoxy groups -OCH3 is 2. The van der Waals surface area contributed by atoms with E-state index in [0.29, 0.717) is 29.6 Å². The summed E-state index contributed by atoms with van der Waals surface area (Å²) in [5, 5.41) is 3.74. The van der Waals surface area contributed by atoms with Gasteiger partial charge in [-0.15, -0.1) is 0 Å². The van der Waals surface area contributed by atoms with Crippen molar-refractivity contribution in [2.75, 3.05) is 39.3 Å². The number of fused-ring (bicyclic) bond motifs is 1. The standard InChI is InChI=1S/C27H28ClN3O3/c1-31-21(16-29-26(32)14-18-9-12-24(33-2)25(13-18)34-3)17-30-27(19-7-5-4-6-8-19)22-15-20(28)10-11-23(22)31/h4-13,15,21H,14,16-17H2,1-3H3,(H,29,32). The quantitative estimate of drug-likeness (QED) is 0.548. The Morgan fingerprint density at radius 1 is 1.06 bits per heavy atom. The highest BCUT2D eigenvalue weighted by Crippen LogP contribution is 2.30. The van der Waals surface area contributed by atoms with E-state index in [1.807, 2.05) is 61.6 Å². The molecule has 1 N–H and O–H groups in total. The monoisotopic (exact) mass is 477 g/mol. The van der Waals surface area contributed by atoms with Gasteiger partial charge in [-0.2, -0.15) is 0 Å². The third kappa shape index (κ3) is 5.18. The molecule has 34 heavy (non-hydrogen) atoms. The van der Waals surface area contributed by atoms with E-state index >= 15 is 0 Å². The number of hydrogen-bond acceptors (Lipinski definition) is 5. The molecule has 0 bridgehead atoms. The molecule has 3 aromatic carbocycles. The van der Waals surface area contributed by atoms with Gasteiger partial charge in [0.1, 0.15) is 0 Å². The van der Waals surface area contributed by atoms with Crippen LogP contribution in [0.1, 0.15) is 16.7 Å². The van der Waals surface area contributed by atoms with E-state index in [1.165, 1.54) is 0 Å². The zero-order chi connectivity index (χ0) is 24.1. The van der Waals surface area contributed by atoms with Crippen molar-refractivity contribution in [3.05, 3.63) is 88.4 Å². The van der Waals surface area contributed by atoms with Crippen LogP contribution in [-0.2, 0) is 11.2 Å². The highest BCUT2D eigenvalue weighted by Gasteiger charge is 2.25. The second kappa shape index (κ2) is 10.6. The molecule has 0 fully saturated rings. The third-order valence-corrected chi connectivity index (χ3v) is 6.23. The number of halogens is 1. The molecule has 0 aromatic heterocycles. The summed E-state index contributed by atoms with van der Waals surface area (Å²) in [5.74, 6) is 1.18. The molecule has 0 aliphatic carbocycles. The molecule has 0 spiro atoms. The van der Waals surface area contributed by atoms with E-state index in [4.69, 9.17) is 26.1 Å². The van der Waals surface area contributed by atoms with Gasteiger partial charge in [0.05, 0.1) is 38.9 Å². The topological polar surface area (TPSA) is 63.2 Å². The van der Waals surface area contributed by atoms with Crippen LogP contribution in [-0.4, -0.2) is 52.0 Å². The third-order valence-electron chi connectivity index (χ3n) is 6.00. The molecule has 6 nitrogen and oxygen atoms in total. The number of amides is 1. The number of nitrogens with zero attached hydrogens (tertiary/aromatic N) is 2. The Bertz CT molecular complexity index is 1200. The van der Waals surface area contributed by atoms with Crippen molar-refractivity contribution >= 4 is 28.9 Å². The Balaban J connectivity index is 1.50. The van der Waals surface area contributed by atoms with E-state index in [0.717, 1.165) is 28.1 Å². The largest absolute Gasteiger partial charge is 0.493 e. The minimum atomic E-state index is -0.0616. The first-order chi connectivity index (χ1) is 16.5.